The minimum absolute atomic E-state index is 0.0776. The van der Waals surface area contributed by atoms with E-state index in [9.17, 15) is 4.79 Å². The molecule has 2 heterocycles. The third kappa shape index (κ3) is 4.34. The first-order valence-electron chi connectivity index (χ1n) is 9.68. The Balaban J connectivity index is 1.31. The van der Waals surface area contributed by atoms with E-state index in [2.05, 4.69) is 46.3 Å². The number of benzene rings is 2. The number of fused-ring (bicyclic) bond motifs is 1. The van der Waals surface area contributed by atoms with Crippen LogP contribution in [0.25, 0.3) is 17.0 Å². The van der Waals surface area contributed by atoms with Crippen molar-refractivity contribution in [1.29, 1.82) is 0 Å². The molecule has 3 aromatic rings. The molecule has 0 radical (unpaired) electrons. The number of rotatable bonds is 5. The predicted octanol–water partition coefficient (Wildman–Crippen LogP) is 3.82. The second kappa shape index (κ2) is 8.31. The summed E-state index contributed by atoms with van der Waals surface area (Å²) in [5.41, 5.74) is 2.10. The van der Waals surface area contributed by atoms with Gasteiger partial charge in [-0.15, -0.1) is 0 Å². The van der Waals surface area contributed by atoms with Crippen molar-refractivity contribution in [3.8, 4) is 0 Å². The molecule has 0 amide bonds. The summed E-state index contributed by atoms with van der Waals surface area (Å²) in [4.78, 5) is 19.6. The number of piperidine rings is 1. The first kappa shape index (κ1) is 17.7. The Hall–Kier alpha value is -2.72. The fourth-order valence-corrected chi connectivity index (χ4v) is 3.77. The highest BCUT2D eigenvalue weighted by molar-refractivity contribution is 5.76. The van der Waals surface area contributed by atoms with Gasteiger partial charge >= 0.3 is 0 Å². The Kier molecular flexibility index (Phi) is 5.45. The molecule has 4 heteroatoms. The zero-order valence-corrected chi connectivity index (χ0v) is 15.5. The van der Waals surface area contributed by atoms with Crippen molar-refractivity contribution in [2.45, 2.75) is 19.4 Å². The van der Waals surface area contributed by atoms with Gasteiger partial charge in [-0.25, -0.2) is 4.98 Å². The van der Waals surface area contributed by atoms with Crippen molar-refractivity contribution in [3.63, 3.8) is 0 Å². The molecule has 0 spiro atoms. The third-order valence-electron chi connectivity index (χ3n) is 5.37. The van der Waals surface area contributed by atoms with E-state index in [0.717, 1.165) is 44.5 Å². The number of hydrogen-bond acceptors (Lipinski definition) is 3. The lowest BCUT2D eigenvalue weighted by atomic mass is 9.96. The molecule has 0 saturated carbocycles. The molecule has 27 heavy (non-hydrogen) atoms. The minimum Gasteiger partial charge on any atom is -0.300 e. The quantitative estimate of drug-likeness (QED) is 0.695. The molecule has 0 atom stereocenters. The van der Waals surface area contributed by atoms with E-state index in [0.29, 0.717) is 11.3 Å². The molecule has 0 N–H and O–H groups in total. The second-order valence-corrected chi connectivity index (χ2v) is 7.28. The van der Waals surface area contributed by atoms with Crippen LogP contribution in [0, 0.1) is 5.92 Å². The lowest BCUT2D eigenvalue weighted by molar-refractivity contribution is 0.187. The molecule has 4 nitrogen and oxygen atoms in total. The zero-order chi connectivity index (χ0) is 18.5. The smallest absolute Gasteiger partial charge is 0.261 e. The van der Waals surface area contributed by atoms with Crippen LogP contribution in [0.2, 0.25) is 0 Å². The number of hydrogen-bond donors (Lipinski definition) is 0. The molecule has 2 aromatic carbocycles. The van der Waals surface area contributed by atoms with E-state index in [4.69, 9.17) is 0 Å². The van der Waals surface area contributed by atoms with Crippen LogP contribution >= 0.6 is 0 Å². The van der Waals surface area contributed by atoms with Crippen molar-refractivity contribution >= 4 is 17.0 Å². The van der Waals surface area contributed by atoms with Crippen molar-refractivity contribution in [2.24, 2.45) is 5.92 Å². The summed E-state index contributed by atoms with van der Waals surface area (Å²) >= 11 is 0. The first-order chi connectivity index (χ1) is 13.3. The van der Waals surface area contributed by atoms with Gasteiger partial charge in [0.05, 0.1) is 17.2 Å². The Labute approximate surface area is 159 Å². The summed E-state index contributed by atoms with van der Waals surface area (Å²) in [7, 11) is 0. The molecular weight excluding hydrogens is 334 g/mol. The summed E-state index contributed by atoms with van der Waals surface area (Å²) in [5, 5.41) is 0.712. The van der Waals surface area contributed by atoms with Crippen LogP contribution in [0.1, 0.15) is 18.4 Å². The van der Waals surface area contributed by atoms with Gasteiger partial charge in [0, 0.05) is 13.1 Å². The molecule has 0 unspecified atom stereocenters. The van der Waals surface area contributed by atoms with E-state index < -0.39 is 0 Å². The van der Waals surface area contributed by atoms with Crippen LogP contribution in [0.4, 0.5) is 0 Å². The Morgan fingerprint density at radius 3 is 2.56 bits per heavy atom. The van der Waals surface area contributed by atoms with Crippen molar-refractivity contribution in [3.05, 3.63) is 82.9 Å². The van der Waals surface area contributed by atoms with Gasteiger partial charge in [-0.05, 0) is 49.5 Å². The average Bonchev–Trinajstić information content (AvgIpc) is 2.72. The van der Waals surface area contributed by atoms with Crippen LogP contribution in [0.3, 0.4) is 0 Å². The van der Waals surface area contributed by atoms with E-state index in [1.165, 1.54) is 5.56 Å². The summed E-state index contributed by atoms with van der Waals surface area (Å²) in [6.45, 7) is 3.92. The molecular formula is C23H25N3O. The molecule has 1 saturated heterocycles. The topological polar surface area (TPSA) is 38.1 Å². The lowest BCUT2D eigenvalue weighted by Crippen LogP contribution is -2.36. The maximum Gasteiger partial charge on any atom is 0.261 e. The van der Waals surface area contributed by atoms with Crippen molar-refractivity contribution in [2.75, 3.05) is 19.6 Å². The zero-order valence-electron chi connectivity index (χ0n) is 15.5. The Morgan fingerprint density at radius 1 is 1.00 bits per heavy atom. The summed E-state index contributed by atoms with van der Waals surface area (Å²) in [5.74, 6) is 0.542. The van der Waals surface area contributed by atoms with Gasteiger partial charge < -0.3 is 0 Å². The summed E-state index contributed by atoms with van der Waals surface area (Å²) < 4.78 is 1.79. The van der Waals surface area contributed by atoms with Gasteiger partial charge in [-0.3, -0.25) is 14.3 Å². The van der Waals surface area contributed by atoms with Gasteiger partial charge in [0.25, 0.3) is 5.56 Å². The van der Waals surface area contributed by atoms with E-state index in [1.54, 1.807) is 10.9 Å². The number of nitrogens with zero attached hydrogens (tertiary/aromatic N) is 3. The van der Waals surface area contributed by atoms with Crippen LogP contribution in [-0.4, -0.2) is 34.1 Å². The maximum absolute atomic E-state index is 12.6. The van der Waals surface area contributed by atoms with Crippen LogP contribution in [-0.2, 0) is 6.54 Å². The molecule has 4 rings (SSSR count). The number of likely N-dealkylation sites (tertiary alicyclic amines) is 1. The van der Waals surface area contributed by atoms with E-state index >= 15 is 0 Å². The largest absolute Gasteiger partial charge is 0.300 e. The molecule has 0 bridgehead atoms. The number of para-hydroxylation sites is 1. The fourth-order valence-electron chi connectivity index (χ4n) is 3.77. The second-order valence-electron chi connectivity index (χ2n) is 7.28. The Bertz CT molecular complexity index is 970. The summed E-state index contributed by atoms with van der Waals surface area (Å²) in [6.07, 6.45) is 8.39. The highest BCUT2D eigenvalue weighted by atomic mass is 16.1. The molecule has 1 aliphatic rings. The Morgan fingerprint density at radius 2 is 1.74 bits per heavy atom. The fraction of sp³-hybridized carbons (Fsp3) is 0.304. The highest BCUT2D eigenvalue weighted by Crippen LogP contribution is 2.19. The standard InChI is InChI=1S/C23H25N3O/c27-23-21-10-4-5-11-22(21)24-18-26(23)17-20-12-15-25(16-13-20)14-6-9-19-7-2-1-3-8-19/h1-11,18,20H,12-17H2. The SMILES string of the molecule is O=c1c2ccccc2ncn1CC1CCN(CC=Cc2ccccc2)CC1. The average molecular weight is 359 g/mol. The van der Waals surface area contributed by atoms with Crippen molar-refractivity contribution < 1.29 is 0 Å². The van der Waals surface area contributed by atoms with E-state index in [1.807, 2.05) is 30.3 Å². The molecule has 138 valence electrons. The third-order valence-corrected chi connectivity index (χ3v) is 5.37. The molecule has 1 aromatic heterocycles. The van der Waals surface area contributed by atoms with Crippen LogP contribution in [0.15, 0.2) is 71.8 Å². The monoisotopic (exact) mass is 359 g/mol. The maximum atomic E-state index is 12.6. The van der Waals surface area contributed by atoms with Gasteiger partial charge in [-0.1, -0.05) is 54.6 Å². The normalized spacial score (nSPS) is 16.3. The van der Waals surface area contributed by atoms with Crippen molar-refractivity contribution in [1.82, 2.24) is 14.5 Å². The summed E-state index contributed by atoms with van der Waals surface area (Å²) in [6, 6.07) is 18.0. The highest BCUT2D eigenvalue weighted by Gasteiger charge is 2.19. The molecule has 1 fully saturated rings. The van der Waals surface area contributed by atoms with Gasteiger partial charge in [0.15, 0.2) is 0 Å². The molecule has 0 aliphatic carbocycles. The van der Waals surface area contributed by atoms with Gasteiger partial charge in [0.1, 0.15) is 0 Å². The van der Waals surface area contributed by atoms with E-state index in [-0.39, 0.29) is 5.56 Å². The van der Waals surface area contributed by atoms with Crippen LogP contribution in [0.5, 0.6) is 0 Å². The molecule has 1 aliphatic heterocycles. The lowest BCUT2D eigenvalue weighted by Gasteiger charge is -2.31. The minimum atomic E-state index is 0.0776. The predicted molar refractivity (Wildman–Crippen MR) is 111 cm³/mol. The van der Waals surface area contributed by atoms with Crippen LogP contribution < -0.4 is 5.56 Å². The van der Waals surface area contributed by atoms with Gasteiger partial charge in [-0.2, -0.15) is 0 Å². The van der Waals surface area contributed by atoms with Gasteiger partial charge in [0.2, 0.25) is 0 Å². The first-order valence-corrected chi connectivity index (χ1v) is 9.68. The number of aromatic nitrogens is 2.